The zero-order valence-electron chi connectivity index (χ0n) is 19.4. The van der Waals surface area contributed by atoms with Crippen LogP contribution in [0.4, 0.5) is 11.4 Å². The summed E-state index contributed by atoms with van der Waals surface area (Å²) in [6.45, 7) is 4.52. The van der Waals surface area contributed by atoms with E-state index in [1.165, 1.54) is 86.9 Å². The van der Waals surface area contributed by atoms with Crippen LogP contribution in [-0.4, -0.2) is 39.1 Å². The van der Waals surface area contributed by atoms with Crippen LogP contribution in [0.2, 0.25) is 0 Å². The van der Waals surface area contributed by atoms with Gasteiger partial charge in [0.25, 0.3) is 0 Å². The minimum absolute atomic E-state index is 0.232. The Morgan fingerprint density at radius 2 is 1.09 bits per heavy atom. The van der Waals surface area contributed by atoms with Crippen LogP contribution in [0, 0.1) is 0 Å². The van der Waals surface area contributed by atoms with E-state index >= 15 is 0 Å². The van der Waals surface area contributed by atoms with E-state index < -0.39 is 0 Å². The molecule has 2 aliphatic heterocycles. The topological polar surface area (TPSA) is 24.7 Å². The monoisotopic (exact) mass is 614 g/mol. The van der Waals surface area contributed by atoms with E-state index in [1.807, 2.05) is 22.7 Å². The zero-order valence-corrected chi connectivity index (χ0v) is 24.4. The quantitative estimate of drug-likeness (QED) is 0.203. The van der Waals surface area contributed by atoms with Crippen molar-refractivity contribution in [1.29, 1.82) is 0 Å². The van der Waals surface area contributed by atoms with E-state index in [9.17, 15) is 0 Å². The summed E-state index contributed by atoms with van der Waals surface area (Å²) in [7, 11) is 0. The van der Waals surface area contributed by atoms with Gasteiger partial charge in [0, 0.05) is 0 Å². The van der Waals surface area contributed by atoms with E-state index in [0.717, 1.165) is 11.4 Å². The van der Waals surface area contributed by atoms with Crippen LogP contribution >= 0.6 is 22.7 Å². The van der Waals surface area contributed by atoms with Gasteiger partial charge in [0.15, 0.2) is 0 Å². The molecule has 4 aromatic rings. The predicted molar refractivity (Wildman–Crippen MR) is 153 cm³/mol. The molecule has 172 valence electrons. The molecule has 0 saturated heterocycles. The molecule has 0 saturated carbocycles. The minimum atomic E-state index is 0.232. The molecule has 0 N–H and O–H groups in total. The number of nitrogens with zero attached hydrogens (tertiary/aromatic N) is 2. The number of rotatable bonds is 8. The average molecular weight is 613 g/mol. The Morgan fingerprint density at radius 3 is 1.53 bits per heavy atom. The van der Waals surface area contributed by atoms with E-state index in [2.05, 4.69) is 62.4 Å². The van der Waals surface area contributed by atoms with Gasteiger partial charge in [0.05, 0.1) is 0 Å². The summed E-state index contributed by atoms with van der Waals surface area (Å²) in [6.07, 6.45) is 7.40. The third-order valence-corrected chi connectivity index (χ3v) is 13.6. The number of aliphatic imine (C=N–C) groups is 2. The molecule has 6 rings (SSSR count). The second kappa shape index (κ2) is 9.85. The molecule has 0 unspecified atom stereocenters. The summed E-state index contributed by atoms with van der Waals surface area (Å²) < 4.78 is 5.48. The normalized spacial score (nSPS) is 14.4. The van der Waals surface area contributed by atoms with Gasteiger partial charge in [-0.05, 0) is 0 Å². The van der Waals surface area contributed by atoms with Crippen molar-refractivity contribution in [2.45, 2.75) is 52.4 Å². The Kier molecular flexibility index (Phi) is 6.64. The first-order chi connectivity index (χ1) is 16.7. The van der Waals surface area contributed by atoms with Gasteiger partial charge in [-0.2, -0.15) is 0 Å². The van der Waals surface area contributed by atoms with Crippen molar-refractivity contribution in [1.82, 2.24) is 0 Å². The maximum absolute atomic E-state index is 5.19. The SMILES string of the molecule is CCCCc1ccc(C2=Nc3ccc4c5c(ccc(c35)[Se]2)N=C(c2ccc(CCCC)s2)[Se]4)s1. The van der Waals surface area contributed by atoms with E-state index in [1.54, 1.807) is 0 Å². The second-order valence-corrected chi connectivity index (χ2v) is 15.4. The summed E-state index contributed by atoms with van der Waals surface area (Å²) in [5.41, 5.74) is 2.27. The fraction of sp³-hybridized carbons (Fsp3) is 0.286. The summed E-state index contributed by atoms with van der Waals surface area (Å²) in [5, 5.41) is 2.72. The molecule has 0 radical (unpaired) electrons. The number of aryl methyl sites for hydroxylation is 2. The predicted octanol–water partition coefficient (Wildman–Crippen LogP) is 6.49. The van der Waals surface area contributed by atoms with Gasteiger partial charge in [0.2, 0.25) is 0 Å². The Balaban J connectivity index is 1.35. The molecule has 0 atom stereocenters. The molecule has 0 bridgehead atoms. The van der Waals surface area contributed by atoms with Gasteiger partial charge in [-0.25, -0.2) is 0 Å². The molecule has 34 heavy (non-hydrogen) atoms. The molecule has 2 aliphatic rings. The molecule has 4 heterocycles. The molecule has 2 nitrogen and oxygen atoms in total. The molecule has 0 fully saturated rings. The fourth-order valence-electron chi connectivity index (χ4n) is 4.39. The Hall–Kier alpha value is -1.52. The van der Waals surface area contributed by atoms with E-state index in [-0.39, 0.29) is 29.9 Å². The molecular formula is C28H26N2S2Se2. The van der Waals surface area contributed by atoms with Crippen LogP contribution < -0.4 is 8.92 Å². The summed E-state index contributed by atoms with van der Waals surface area (Å²) in [4.78, 5) is 16.1. The molecular weight excluding hydrogens is 586 g/mol. The van der Waals surface area contributed by atoms with Gasteiger partial charge < -0.3 is 0 Å². The van der Waals surface area contributed by atoms with Gasteiger partial charge in [0.1, 0.15) is 0 Å². The van der Waals surface area contributed by atoms with Crippen molar-refractivity contribution in [3.8, 4) is 0 Å². The van der Waals surface area contributed by atoms with Gasteiger partial charge in [-0.15, -0.1) is 0 Å². The summed E-state index contributed by atoms with van der Waals surface area (Å²) in [5.74, 6) is 0. The van der Waals surface area contributed by atoms with Crippen molar-refractivity contribution < 1.29 is 0 Å². The van der Waals surface area contributed by atoms with Crippen molar-refractivity contribution in [2.24, 2.45) is 9.98 Å². The van der Waals surface area contributed by atoms with Crippen molar-refractivity contribution in [2.75, 3.05) is 0 Å². The number of hydrogen-bond acceptors (Lipinski definition) is 4. The van der Waals surface area contributed by atoms with Crippen LogP contribution in [0.3, 0.4) is 0 Å². The summed E-state index contributed by atoms with van der Waals surface area (Å²) >= 11 is 4.34. The first-order valence-electron chi connectivity index (χ1n) is 12.0. The molecule has 2 aromatic carbocycles. The van der Waals surface area contributed by atoms with Gasteiger partial charge >= 0.3 is 223 Å². The van der Waals surface area contributed by atoms with Crippen LogP contribution in [-0.2, 0) is 12.8 Å². The Morgan fingerprint density at radius 1 is 0.618 bits per heavy atom. The maximum atomic E-state index is 5.19. The summed E-state index contributed by atoms with van der Waals surface area (Å²) in [6, 6.07) is 18.4. The Labute approximate surface area is 221 Å². The van der Waals surface area contributed by atoms with Crippen LogP contribution in [0.1, 0.15) is 59.0 Å². The van der Waals surface area contributed by atoms with Crippen molar-refractivity contribution in [3.63, 3.8) is 0 Å². The van der Waals surface area contributed by atoms with E-state index in [4.69, 9.17) is 9.98 Å². The third-order valence-electron chi connectivity index (χ3n) is 6.20. The van der Waals surface area contributed by atoms with Crippen LogP contribution in [0.5, 0.6) is 0 Å². The molecule has 0 amide bonds. The van der Waals surface area contributed by atoms with Crippen LogP contribution in [0.25, 0.3) is 10.8 Å². The van der Waals surface area contributed by atoms with Gasteiger partial charge in [-0.3, -0.25) is 0 Å². The Bertz CT molecular complexity index is 1330. The van der Waals surface area contributed by atoms with Crippen LogP contribution in [0.15, 0.2) is 58.5 Å². The van der Waals surface area contributed by atoms with Crippen molar-refractivity contribution >= 4 is 92.9 Å². The number of thiophene rings is 2. The fourth-order valence-corrected chi connectivity index (χ4v) is 11.3. The van der Waals surface area contributed by atoms with Crippen molar-refractivity contribution in [3.05, 3.63) is 68.0 Å². The zero-order chi connectivity index (χ0) is 23.1. The number of hydrogen-bond donors (Lipinski definition) is 0. The second-order valence-electron chi connectivity index (χ2n) is 8.69. The standard InChI is InChI=1S/C28H26N2S2Se2/c1-3-5-7-17-9-13-21(31-17)27-29-19-11-16-24-26-20(12-15-23(33-27)25(19)26)30-28(34-24)22-14-10-18(32-22)8-6-4-2/h9-16H,3-8H2,1-2H3. The van der Waals surface area contributed by atoms with E-state index in [0.29, 0.717) is 0 Å². The first-order valence-corrected chi connectivity index (χ1v) is 17.1. The molecule has 6 heteroatoms. The van der Waals surface area contributed by atoms with Gasteiger partial charge in [-0.1, -0.05) is 0 Å². The first kappa shape index (κ1) is 22.9. The molecule has 0 spiro atoms. The molecule has 0 aliphatic carbocycles. The average Bonchev–Trinajstić information content (AvgIpc) is 3.54. The number of unbranched alkanes of at least 4 members (excludes halogenated alkanes) is 2. The number of benzene rings is 2. The molecule has 2 aromatic heterocycles. The third kappa shape index (κ3) is 4.30.